The topological polar surface area (TPSA) is 26.3 Å². The molecule has 0 aliphatic carbocycles. The monoisotopic (exact) mass is 250 g/mol. The van der Waals surface area contributed by atoms with E-state index in [4.69, 9.17) is 4.74 Å². The van der Waals surface area contributed by atoms with Crippen molar-refractivity contribution in [1.82, 2.24) is 0 Å². The van der Waals surface area contributed by atoms with Crippen LogP contribution in [-0.4, -0.2) is 17.9 Å². The maximum Gasteiger partial charge on any atom is 0.305 e. The number of halogens is 1. The third-order valence-electron chi connectivity index (χ3n) is 1.43. The Morgan fingerprint density at radius 2 is 1.92 bits per heavy atom. The van der Waals surface area contributed by atoms with Gasteiger partial charge in [-0.25, -0.2) is 0 Å². The number of carbonyl (C=O) groups excluding carboxylic acids is 1. The van der Waals surface area contributed by atoms with E-state index in [0.29, 0.717) is 13.0 Å². The standard InChI is InChI=1S/C10H19BrO2/c1-10(2,3)8-13-9(12)6-4-5-7-11/h4-8H2,1-3H3. The average molecular weight is 251 g/mol. The molecule has 0 rings (SSSR count). The minimum Gasteiger partial charge on any atom is -0.465 e. The van der Waals surface area contributed by atoms with Crippen molar-refractivity contribution in [2.75, 3.05) is 11.9 Å². The predicted octanol–water partition coefficient (Wildman–Crippen LogP) is 3.14. The second-order valence-electron chi connectivity index (χ2n) is 4.37. The van der Waals surface area contributed by atoms with Crippen LogP contribution in [0.5, 0.6) is 0 Å². The van der Waals surface area contributed by atoms with Crippen LogP contribution in [0.1, 0.15) is 40.0 Å². The van der Waals surface area contributed by atoms with Crippen LogP contribution >= 0.6 is 15.9 Å². The van der Waals surface area contributed by atoms with E-state index in [1.165, 1.54) is 0 Å². The zero-order chi connectivity index (χ0) is 10.3. The summed E-state index contributed by atoms with van der Waals surface area (Å²) in [6.07, 6.45) is 2.49. The van der Waals surface area contributed by atoms with Crippen molar-refractivity contribution in [2.24, 2.45) is 5.41 Å². The number of esters is 1. The van der Waals surface area contributed by atoms with Crippen LogP contribution in [0.4, 0.5) is 0 Å². The van der Waals surface area contributed by atoms with Crippen LogP contribution in [-0.2, 0) is 9.53 Å². The van der Waals surface area contributed by atoms with Gasteiger partial charge in [0, 0.05) is 11.8 Å². The van der Waals surface area contributed by atoms with E-state index in [1.807, 2.05) is 0 Å². The van der Waals surface area contributed by atoms with Crippen LogP contribution < -0.4 is 0 Å². The van der Waals surface area contributed by atoms with Gasteiger partial charge < -0.3 is 4.74 Å². The lowest BCUT2D eigenvalue weighted by atomic mass is 9.99. The first kappa shape index (κ1) is 12.9. The largest absolute Gasteiger partial charge is 0.465 e. The van der Waals surface area contributed by atoms with E-state index >= 15 is 0 Å². The molecule has 0 spiro atoms. The van der Waals surface area contributed by atoms with Gasteiger partial charge in [-0.3, -0.25) is 4.79 Å². The summed E-state index contributed by atoms with van der Waals surface area (Å²) in [6.45, 7) is 6.68. The van der Waals surface area contributed by atoms with Gasteiger partial charge in [0.25, 0.3) is 0 Å². The molecule has 0 atom stereocenters. The summed E-state index contributed by atoms with van der Waals surface area (Å²) in [5, 5.41) is 0.958. The van der Waals surface area contributed by atoms with Gasteiger partial charge in [-0.2, -0.15) is 0 Å². The lowest BCUT2D eigenvalue weighted by Crippen LogP contribution is -2.18. The van der Waals surface area contributed by atoms with Crippen molar-refractivity contribution in [1.29, 1.82) is 0 Å². The summed E-state index contributed by atoms with van der Waals surface area (Å²) in [5.74, 6) is -0.0733. The molecule has 0 aliphatic rings. The highest BCUT2D eigenvalue weighted by atomic mass is 79.9. The van der Waals surface area contributed by atoms with Gasteiger partial charge in [-0.05, 0) is 18.3 Å². The SMILES string of the molecule is CC(C)(C)COC(=O)CCCCBr. The summed E-state index contributed by atoms with van der Waals surface area (Å²) in [6, 6.07) is 0. The molecular weight excluding hydrogens is 232 g/mol. The van der Waals surface area contributed by atoms with Crippen molar-refractivity contribution < 1.29 is 9.53 Å². The quantitative estimate of drug-likeness (QED) is 0.426. The third-order valence-corrected chi connectivity index (χ3v) is 1.99. The molecule has 0 saturated heterocycles. The summed E-state index contributed by atoms with van der Waals surface area (Å²) in [5.41, 5.74) is 0.0745. The minimum absolute atomic E-state index is 0.0733. The fraction of sp³-hybridized carbons (Fsp3) is 0.900. The van der Waals surface area contributed by atoms with Gasteiger partial charge in [0.2, 0.25) is 0 Å². The first-order valence-corrected chi connectivity index (χ1v) is 5.79. The van der Waals surface area contributed by atoms with Gasteiger partial charge in [0.05, 0.1) is 6.61 Å². The van der Waals surface area contributed by atoms with Gasteiger partial charge in [0.15, 0.2) is 0 Å². The van der Waals surface area contributed by atoms with E-state index in [0.717, 1.165) is 18.2 Å². The molecule has 0 aromatic carbocycles. The van der Waals surface area contributed by atoms with Gasteiger partial charge in [-0.15, -0.1) is 0 Å². The first-order chi connectivity index (χ1) is 5.95. The Bertz CT molecular complexity index is 149. The number of hydrogen-bond donors (Lipinski definition) is 0. The van der Waals surface area contributed by atoms with Crippen LogP contribution in [0.2, 0.25) is 0 Å². The van der Waals surface area contributed by atoms with Gasteiger partial charge in [-0.1, -0.05) is 36.7 Å². The Labute approximate surface area is 89.2 Å². The Balaban J connectivity index is 3.41. The smallest absolute Gasteiger partial charge is 0.305 e. The highest BCUT2D eigenvalue weighted by Gasteiger charge is 2.13. The van der Waals surface area contributed by atoms with Crippen molar-refractivity contribution in [3.63, 3.8) is 0 Å². The van der Waals surface area contributed by atoms with E-state index in [9.17, 15) is 4.79 Å². The summed E-state index contributed by atoms with van der Waals surface area (Å²) in [7, 11) is 0. The molecular formula is C10H19BrO2. The fourth-order valence-corrected chi connectivity index (χ4v) is 1.13. The number of rotatable bonds is 5. The highest BCUT2D eigenvalue weighted by Crippen LogP contribution is 2.13. The van der Waals surface area contributed by atoms with Crippen molar-refractivity contribution >= 4 is 21.9 Å². The van der Waals surface area contributed by atoms with Crippen LogP contribution in [0.15, 0.2) is 0 Å². The van der Waals surface area contributed by atoms with Crippen LogP contribution in [0, 0.1) is 5.41 Å². The fourth-order valence-electron chi connectivity index (χ4n) is 0.733. The Kier molecular flexibility index (Phi) is 6.39. The normalized spacial score (nSPS) is 11.4. The number of carbonyl (C=O) groups is 1. The Morgan fingerprint density at radius 3 is 2.38 bits per heavy atom. The Morgan fingerprint density at radius 1 is 1.31 bits per heavy atom. The summed E-state index contributed by atoms with van der Waals surface area (Å²) in [4.78, 5) is 11.1. The zero-order valence-electron chi connectivity index (χ0n) is 8.73. The number of hydrogen-bond acceptors (Lipinski definition) is 2. The predicted molar refractivity (Wildman–Crippen MR) is 58.1 cm³/mol. The molecule has 78 valence electrons. The lowest BCUT2D eigenvalue weighted by Gasteiger charge is -2.17. The number of ether oxygens (including phenoxy) is 1. The highest BCUT2D eigenvalue weighted by molar-refractivity contribution is 9.09. The van der Waals surface area contributed by atoms with Crippen molar-refractivity contribution in [3.05, 3.63) is 0 Å². The molecule has 0 amide bonds. The molecule has 0 radical (unpaired) electrons. The number of alkyl halides is 1. The molecule has 0 aliphatic heterocycles. The molecule has 0 N–H and O–H groups in total. The lowest BCUT2D eigenvalue weighted by molar-refractivity contribution is -0.146. The molecule has 0 unspecified atom stereocenters. The molecule has 3 heteroatoms. The van der Waals surface area contributed by atoms with Gasteiger partial charge in [0.1, 0.15) is 0 Å². The zero-order valence-corrected chi connectivity index (χ0v) is 10.3. The molecule has 0 aromatic rings. The third kappa shape index (κ3) is 9.87. The molecule has 2 nitrogen and oxygen atoms in total. The minimum atomic E-state index is -0.0733. The summed E-state index contributed by atoms with van der Waals surface area (Å²) < 4.78 is 5.10. The van der Waals surface area contributed by atoms with E-state index in [-0.39, 0.29) is 11.4 Å². The Hall–Kier alpha value is -0.0500. The van der Waals surface area contributed by atoms with Crippen LogP contribution in [0.25, 0.3) is 0 Å². The maximum absolute atomic E-state index is 11.1. The second-order valence-corrected chi connectivity index (χ2v) is 5.16. The number of unbranched alkanes of at least 4 members (excludes halogenated alkanes) is 1. The molecule has 0 fully saturated rings. The van der Waals surface area contributed by atoms with Crippen LogP contribution in [0.3, 0.4) is 0 Å². The first-order valence-electron chi connectivity index (χ1n) is 4.67. The molecule has 0 bridgehead atoms. The van der Waals surface area contributed by atoms with Crippen molar-refractivity contribution in [3.8, 4) is 0 Å². The average Bonchev–Trinajstić information content (AvgIpc) is 2.00. The molecule has 0 saturated carbocycles. The van der Waals surface area contributed by atoms with E-state index in [2.05, 4.69) is 36.7 Å². The second kappa shape index (κ2) is 6.41. The van der Waals surface area contributed by atoms with Crippen molar-refractivity contribution in [2.45, 2.75) is 40.0 Å². The van der Waals surface area contributed by atoms with E-state index < -0.39 is 0 Å². The van der Waals surface area contributed by atoms with Gasteiger partial charge >= 0.3 is 5.97 Å². The molecule has 13 heavy (non-hydrogen) atoms. The summed E-state index contributed by atoms with van der Waals surface area (Å²) >= 11 is 3.32. The molecule has 0 aromatic heterocycles. The maximum atomic E-state index is 11.1. The molecule has 0 heterocycles. The van der Waals surface area contributed by atoms with E-state index in [1.54, 1.807) is 0 Å².